The Morgan fingerprint density at radius 1 is 1.33 bits per heavy atom. The van der Waals surface area contributed by atoms with Crippen molar-refractivity contribution in [2.45, 2.75) is 46.3 Å². The number of benzene rings is 1. The summed E-state index contributed by atoms with van der Waals surface area (Å²) in [5, 5.41) is 18.1. The maximum Gasteiger partial charge on any atom is 0.413 e. The molecule has 1 unspecified atom stereocenters. The number of hydrogen-bond donors (Lipinski definition) is 3. The molecule has 1 atom stereocenters. The fraction of sp³-hybridized carbons (Fsp3) is 0.348. The monoisotopic (exact) mass is 577 g/mol. The Balaban J connectivity index is 1.70. The Labute approximate surface area is 220 Å². The number of fused-ring (bicyclic) bond motifs is 2. The van der Waals surface area contributed by atoms with E-state index in [0.717, 1.165) is 0 Å². The second-order valence-corrected chi connectivity index (χ2v) is 10.1. The van der Waals surface area contributed by atoms with Gasteiger partial charge in [-0.15, -0.1) is 5.10 Å². The number of halogens is 2. The molecule has 0 spiro atoms. The molecule has 0 aliphatic rings. The summed E-state index contributed by atoms with van der Waals surface area (Å²) in [5.41, 5.74) is 0.793. The van der Waals surface area contributed by atoms with Crippen molar-refractivity contribution in [3.63, 3.8) is 0 Å². The summed E-state index contributed by atoms with van der Waals surface area (Å²) in [6.07, 6.45) is 2.41. The summed E-state index contributed by atoms with van der Waals surface area (Å²) in [6, 6.07) is 2.84. The third kappa shape index (κ3) is 5.09. The van der Waals surface area contributed by atoms with Gasteiger partial charge >= 0.3 is 6.09 Å². The molecule has 0 aliphatic heterocycles. The lowest BCUT2D eigenvalue weighted by atomic mass is 10.0. The highest BCUT2D eigenvalue weighted by atomic mass is 79.9. The molecule has 4 aromatic rings. The standard InChI is InChI=1S/C23H25BrClN7O4/c1-6-35-17-12(10-13(25)14-16(17)29-30-18(14)24)11(2)27-21(33)15-19(28-22(34)36-23(3,4)5)31-32-9-7-8-26-20(15)32/h7-11H,6H2,1-5H3,(H,27,33)(H,29,30)(H,28,31,34). The van der Waals surface area contributed by atoms with E-state index in [9.17, 15) is 9.59 Å². The van der Waals surface area contributed by atoms with Gasteiger partial charge in [0.25, 0.3) is 5.91 Å². The zero-order chi connectivity index (χ0) is 26.2. The molecule has 0 bridgehead atoms. The maximum atomic E-state index is 13.5. The van der Waals surface area contributed by atoms with Crippen LogP contribution in [0.15, 0.2) is 29.1 Å². The molecule has 0 radical (unpaired) electrons. The van der Waals surface area contributed by atoms with E-state index in [1.165, 1.54) is 10.7 Å². The molecule has 1 aromatic carbocycles. The molecule has 13 heteroatoms. The number of aromatic nitrogens is 5. The minimum atomic E-state index is -0.743. The maximum absolute atomic E-state index is 13.5. The van der Waals surface area contributed by atoms with Gasteiger partial charge < -0.3 is 14.8 Å². The highest BCUT2D eigenvalue weighted by Gasteiger charge is 2.28. The third-order valence-electron chi connectivity index (χ3n) is 5.06. The summed E-state index contributed by atoms with van der Waals surface area (Å²) in [7, 11) is 0. The van der Waals surface area contributed by atoms with Gasteiger partial charge in [-0.3, -0.25) is 15.2 Å². The van der Waals surface area contributed by atoms with Gasteiger partial charge in [0.2, 0.25) is 0 Å². The highest BCUT2D eigenvalue weighted by molar-refractivity contribution is 9.10. The normalized spacial score (nSPS) is 12.5. The minimum absolute atomic E-state index is 0.0161. The predicted molar refractivity (Wildman–Crippen MR) is 139 cm³/mol. The molecule has 0 saturated heterocycles. The fourth-order valence-corrected chi connectivity index (χ4v) is 4.57. The molecule has 3 aromatic heterocycles. The van der Waals surface area contributed by atoms with E-state index in [2.05, 4.69) is 46.8 Å². The van der Waals surface area contributed by atoms with Crippen LogP contribution in [0.25, 0.3) is 16.6 Å². The van der Waals surface area contributed by atoms with Crippen LogP contribution in [0.2, 0.25) is 5.02 Å². The van der Waals surface area contributed by atoms with Gasteiger partial charge in [-0.05, 0) is 62.7 Å². The molecular formula is C23H25BrClN7O4. The van der Waals surface area contributed by atoms with Crippen LogP contribution in [0, 0.1) is 0 Å². The van der Waals surface area contributed by atoms with E-state index in [0.29, 0.717) is 38.4 Å². The topological polar surface area (TPSA) is 136 Å². The number of nitrogens with one attached hydrogen (secondary N) is 3. The van der Waals surface area contributed by atoms with Crippen LogP contribution in [0.1, 0.15) is 56.6 Å². The number of nitrogens with zero attached hydrogens (tertiary/aromatic N) is 4. The zero-order valence-corrected chi connectivity index (χ0v) is 22.6. The second-order valence-electron chi connectivity index (χ2n) is 8.90. The first kappa shape index (κ1) is 25.7. The van der Waals surface area contributed by atoms with E-state index in [4.69, 9.17) is 21.1 Å². The van der Waals surface area contributed by atoms with Crippen LogP contribution >= 0.6 is 27.5 Å². The summed E-state index contributed by atoms with van der Waals surface area (Å²) >= 11 is 9.94. The second kappa shape index (κ2) is 9.94. The van der Waals surface area contributed by atoms with Crippen molar-refractivity contribution in [1.82, 2.24) is 30.1 Å². The average molecular weight is 579 g/mol. The molecule has 0 aliphatic carbocycles. The summed E-state index contributed by atoms with van der Waals surface area (Å²) in [4.78, 5) is 30.2. The van der Waals surface area contributed by atoms with Crippen molar-refractivity contribution in [1.29, 1.82) is 0 Å². The van der Waals surface area contributed by atoms with E-state index in [-0.39, 0.29) is 17.0 Å². The lowest BCUT2D eigenvalue weighted by Crippen LogP contribution is -2.30. The summed E-state index contributed by atoms with van der Waals surface area (Å²) < 4.78 is 13.2. The van der Waals surface area contributed by atoms with Crippen LogP contribution in [0.3, 0.4) is 0 Å². The molecule has 0 fully saturated rings. The molecular weight excluding hydrogens is 554 g/mol. The number of carbonyl (C=O) groups is 2. The first-order valence-corrected chi connectivity index (χ1v) is 12.3. The van der Waals surface area contributed by atoms with Crippen molar-refractivity contribution in [2.24, 2.45) is 0 Å². The van der Waals surface area contributed by atoms with Crippen LogP contribution < -0.4 is 15.4 Å². The quantitative estimate of drug-likeness (QED) is 0.284. The number of carbonyl (C=O) groups excluding carboxylic acids is 2. The predicted octanol–water partition coefficient (Wildman–Crippen LogP) is 5.26. The van der Waals surface area contributed by atoms with Gasteiger partial charge in [-0.2, -0.15) is 5.10 Å². The molecule has 4 rings (SSSR count). The number of H-pyrrole nitrogens is 1. The largest absolute Gasteiger partial charge is 0.491 e. The van der Waals surface area contributed by atoms with Crippen molar-refractivity contribution in [3.05, 3.63) is 45.3 Å². The SMILES string of the molecule is CCOc1c(C(C)NC(=O)c2c(NC(=O)OC(C)(C)C)nn3cccnc23)cc(Cl)c2c(Br)[nH]nc12. The molecule has 190 valence electrons. The van der Waals surface area contributed by atoms with Gasteiger partial charge in [0.1, 0.15) is 21.3 Å². The van der Waals surface area contributed by atoms with Crippen LogP contribution in [0.4, 0.5) is 10.6 Å². The van der Waals surface area contributed by atoms with Crippen LogP contribution in [-0.4, -0.2) is 49.0 Å². The lowest BCUT2D eigenvalue weighted by Gasteiger charge is -2.20. The van der Waals surface area contributed by atoms with Crippen molar-refractivity contribution in [2.75, 3.05) is 11.9 Å². The number of anilines is 1. The molecule has 36 heavy (non-hydrogen) atoms. The van der Waals surface area contributed by atoms with E-state index < -0.39 is 23.6 Å². The number of amides is 2. The minimum Gasteiger partial charge on any atom is -0.491 e. The molecule has 0 saturated carbocycles. The Hall–Kier alpha value is -3.38. The molecule has 3 heterocycles. The first-order chi connectivity index (χ1) is 17.0. The molecule has 11 nitrogen and oxygen atoms in total. The van der Waals surface area contributed by atoms with Crippen LogP contribution in [0.5, 0.6) is 5.75 Å². The van der Waals surface area contributed by atoms with Crippen molar-refractivity contribution in [3.8, 4) is 5.75 Å². The number of hydrogen-bond acceptors (Lipinski definition) is 7. The Morgan fingerprint density at radius 2 is 2.08 bits per heavy atom. The highest BCUT2D eigenvalue weighted by Crippen LogP contribution is 2.40. The molecule has 2 amide bonds. The number of aromatic amines is 1. The smallest absolute Gasteiger partial charge is 0.413 e. The van der Waals surface area contributed by atoms with Gasteiger partial charge in [0, 0.05) is 18.0 Å². The van der Waals surface area contributed by atoms with E-state index >= 15 is 0 Å². The zero-order valence-electron chi connectivity index (χ0n) is 20.3. The third-order valence-corrected chi connectivity index (χ3v) is 5.94. The molecule has 3 N–H and O–H groups in total. The number of rotatable bonds is 6. The van der Waals surface area contributed by atoms with E-state index in [1.807, 2.05) is 6.92 Å². The Kier molecular flexibility index (Phi) is 7.10. The fourth-order valence-electron chi connectivity index (χ4n) is 3.66. The average Bonchev–Trinajstić information content (AvgIpc) is 3.34. The summed E-state index contributed by atoms with van der Waals surface area (Å²) in [5.74, 6) is 0.00303. The lowest BCUT2D eigenvalue weighted by molar-refractivity contribution is 0.0635. The Morgan fingerprint density at radius 3 is 2.78 bits per heavy atom. The van der Waals surface area contributed by atoms with Gasteiger partial charge in [0.05, 0.1) is 23.1 Å². The van der Waals surface area contributed by atoms with Crippen LogP contribution in [-0.2, 0) is 4.74 Å². The van der Waals surface area contributed by atoms with Gasteiger partial charge in [0.15, 0.2) is 17.2 Å². The van der Waals surface area contributed by atoms with Gasteiger partial charge in [-0.1, -0.05) is 11.6 Å². The van der Waals surface area contributed by atoms with Gasteiger partial charge in [-0.25, -0.2) is 14.3 Å². The van der Waals surface area contributed by atoms with Crippen molar-refractivity contribution < 1.29 is 19.1 Å². The summed E-state index contributed by atoms with van der Waals surface area (Å²) in [6.45, 7) is 9.25. The van der Waals surface area contributed by atoms with Crippen molar-refractivity contribution >= 4 is 61.9 Å². The first-order valence-electron chi connectivity index (χ1n) is 11.1. The van der Waals surface area contributed by atoms with E-state index in [1.54, 1.807) is 46.0 Å². The number of ether oxygens (including phenoxy) is 2. The Bertz CT molecular complexity index is 1460.